The van der Waals surface area contributed by atoms with E-state index in [9.17, 15) is 34.7 Å². The van der Waals surface area contributed by atoms with Crippen LogP contribution in [-0.2, 0) is 9.68 Å². The first-order chi connectivity index (χ1) is 31.4. The van der Waals surface area contributed by atoms with Crippen LogP contribution >= 0.6 is 24.8 Å². The van der Waals surface area contributed by atoms with Crippen molar-refractivity contribution in [1.82, 2.24) is 20.0 Å². The van der Waals surface area contributed by atoms with Crippen LogP contribution < -0.4 is 123 Å². The SMILES string of the molecule is CCO.Cl.Cl.O=CO[O-].O=[N+]([O-])c1ccc(F)cc1.O=[N+]([O-])c1ccc(N2CCCN(CCO)CC2)cc1.O=[N+]([O-])c1ccc(N2CCCN(CCO)CC2)cc1.OCCN1CCCNCC1.[H-].[K+].[K+]. The Morgan fingerprint density at radius 1 is 0.580 bits per heavy atom. The van der Waals surface area contributed by atoms with E-state index in [1.54, 1.807) is 55.5 Å². The molecule has 6 rings (SSSR count). The molecule has 0 amide bonds. The number of non-ortho nitro benzene ring substituents is 3. The predicted molar refractivity (Wildman–Crippen MR) is 256 cm³/mol. The Morgan fingerprint density at radius 3 is 1.22 bits per heavy atom. The summed E-state index contributed by atoms with van der Waals surface area (Å²) in [6, 6.07) is 17.8. The van der Waals surface area contributed by atoms with Crippen molar-refractivity contribution in [3.8, 4) is 0 Å². The van der Waals surface area contributed by atoms with Crippen LogP contribution in [0, 0.1) is 36.2 Å². The fourth-order valence-corrected chi connectivity index (χ4v) is 6.59. The van der Waals surface area contributed by atoms with Gasteiger partial charge >= 0.3 is 103 Å². The van der Waals surface area contributed by atoms with Gasteiger partial charge in [0.1, 0.15) is 5.82 Å². The van der Waals surface area contributed by atoms with Crippen molar-refractivity contribution in [3.63, 3.8) is 0 Å². The number of aliphatic hydroxyl groups is 4. The van der Waals surface area contributed by atoms with Crippen molar-refractivity contribution in [2.24, 2.45) is 0 Å². The summed E-state index contributed by atoms with van der Waals surface area (Å²) in [4.78, 5) is 52.4. The van der Waals surface area contributed by atoms with Crippen LogP contribution in [0.5, 0.6) is 0 Å². The van der Waals surface area contributed by atoms with Gasteiger partial charge in [0.15, 0.2) is 0 Å². The van der Waals surface area contributed by atoms with Crippen LogP contribution in [0.15, 0.2) is 72.8 Å². The number of anilines is 2. The molecule has 3 saturated heterocycles. The van der Waals surface area contributed by atoms with Gasteiger partial charge in [0, 0.05) is 126 Å². The molecule has 0 radical (unpaired) electrons. The Kier molecular flexibility index (Phi) is 50.7. The average Bonchev–Trinajstić information content (AvgIpc) is 3.82. The fraction of sp³-hybridized carbons (Fsp3) is 0.548. The molecular formula is C42H68Cl2FK2N9O13. The molecule has 27 heteroatoms. The number of nitro groups is 3. The van der Waals surface area contributed by atoms with Gasteiger partial charge in [-0.3, -0.25) is 49.8 Å². The largest absolute Gasteiger partial charge is 1.00 e. The second-order valence-corrected chi connectivity index (χ2v) is 14.3. The molecule has 3 aliphatic heterocycles. The maximum absolute atomic E-state index is 12.1. The van der Waals surface area contributed by atoms with Crippen molar-refractivity contribution in [2.75, 3.05) is 134 Å². The van der Waals surface area contributed by atoms with Crippen LogP contribution in [0.25, 0.3) is 0 Å². The van der Waals surface area contributed by atoms with Crippen molar-refractivity contribution >= 4 is 59.7 Å². The molecule has 22 nitrogen and oxygen atoms in total. The third-order valence-electron chi connectivity index (χ3n) is 9.79. The predicted octanol–water partition coefficient (Wildman–Crippen LogP) is -3.40. The van der Waals surface area contributed by atoms with Crippen LogP contribution in [-0.4, -0.2) is 181 Å². The van der Waals surface area contributed by atoms with Crippen molar-refractivity contribution in [1.29, 1.82) is 0 Å². The van der Waals surface area contributed by atoms with E-state index in [0.29, 0.717) is 19.7 Å². The molecule has 3 aromatic rings. The third kappa shape index (κ3) is 34.4. The Balaban J connectivity index is -0.000000258. The van der Waals surface area contributed by atoms with Gasteiger partial charge in [-0.1, -0.05) is 0 Å². The number of halogens is 3. The molecular weight excluding hydrogens is 1010 g/mol. The minimum absolute atomic E-state index is 0. The zero-order chi connectivity index (χ0) is 48.2. The number of aliphatic hydroxyl groups excluding tert-OH is 4. The maximum Gasteiger partial charge on any atom is 1.00 e. The van der Waals surface area contributed by atoms with E-state index in [-0.39, 0.29) is 182 Å². The summed E-state index contributed by atoms with van der Waals surface area (Å²) < 4.78 is 12.1. The Morgan fingerprint density at radius 2 is 0.899 bits per heavy atom. The number of hydrogen-bond donors (Lipinski definition) is 5. The molecule has 3 heterocycles. The maximum atomic E-state index is 12.1. The number of nitrogens with one attached hydrogen (secondary N) is 1. The molecule has 0 unspecified atom stereocenters. The first kappa shape index (κ1) is 73.9. The number of β-amino-alcohol motifs (C(OH)–C–C–N with tert-alkyl or cyclic N) is 3. The van der Waals surface area contributed by atoms with E-state index < -0.39 is 10.7 Å². The van der Waals surface area contributed by atoms with Gasteiger partial charge in [-0.05, 0) is 88.8 Å². The molecule has 3 aliphatic rings. The van der Waals surface area contributed by atoms with Crippen LogP contribution in [0.1, 0.15) is 27.6 Å². The van der Waals surface area contributed by atoms with Crippen molar-refractivity contribution < 1.29 is 159 Å². The summed E-state index contributed by atoms with van der Waals surface area (Å²) in [7, 11) is 0. The first-order valence-electron chi connectivity index (χ1n) is 21.3. The van der Waals surface area contributed by atoms with E-state index in [4.69, 9.17) is 30.5 Å². The third-order valence-corrected chi connectivity index (χ3v) is 9.79. The molecule has 0 atom stereocenters. The summed E-state index contributed by atoms with van der Waals surface area (Å²) in [5.74, 6) is -0.467. The molecule has 0 aliphatic carbocycles. The molecule has 0 saturated carbocycles. The van der Waals surface area contributed by atoms with Gasteiger partial charge in [-0.15, -0.1) is 24.8 Å². The van der Waals surface area contributed by atoms with Gasteiger partial charge < -0.3 is 47.1 Å². The molecule has 382 valence electrons. The minimum Gasteiger partial charge on any atom is -1.00 e. The van der Waals surface area contributed by atoms with Crippen LogP contribution in [0.2, 0.25) is 0 Å². The van der Waals surface area contributed by atoms with E-state index in [1.165, 1.54) is 6.42 Å². The standard InChI is InChI=1S/2C13H19N3O3.C7H16N2O.C6H4FNO2.C2H6O.CH2O3.2ClH.2K.H/c2*17-11-10-14-6-1-7-15(9-8-14)12-2-4-13(5-3-12)16(18)19;10-7-6-9-4-1-2-8-3-5-9;7-5-1-3-6(4-2-5)8(9)10;1-2-3;2-1-4-3;;;;;/h2*2-5,17H,1,6-11H2;8,10H,1-7H2;1-4H;3H,2H2,1H3;1,3H;2*1H;;;/q;;;;;;;;2*+1;-1/p-1. The number of rotatable bonds is 12. The quantitative estimate of drug-likeness (QED) is 0.0389. The van der Waals surface area contributed by atoms with Gasteiger partial charge in [0.05, 0.1) is 34.6 Å². The Hall–Kier alpha value is -1.65. The summed E-state index contributed by atoms with van der Waals surface area (Å²) in [6.07, 6.45) is 3.29. The number of nitrogens with zero attached hydrogens (tertiary/aromatic N) is 8. The van der Waals surface area contributed by atoms with Crippen molar-refractivity contribution in [3.05, 3.63) is 109 Å². The molecule has 0 bridgehead atoms. The molecule has 69 heavy (non-hydrogen) atoms. The van der Waals surface area contributed by atoms with Gasteiger partial charge in [-0.25, -0.2) is 4.39 Å². The summed E-state index contributed by atoms with van der Waals surface area (Å²) in [5, 5.41) is 77.1. The Bertz CT molecular complexity index is 1660. The monoisotopic (exact) mass is 1070 g/mol. The number of nitro benzene ring substituents is 3. The van der Waals surface area contributed by atoms with Gasteiger partial charge in [0.25, 0.3) is 23.5 Å². The first-order valence-corrected chi connectivity index (χ1v) is 21.3. The smallest absolute Gasteiger partial charge is 1.00 e. The van der Waals surface area contributed by atoms with E-state index >= 15 is 0 Å². The van der Waals surface area contributed by atoms with E-state index in [2.05, 4.69) is 34.7 Å². The summed E-state index contributed by atoms with van der Waals surface area (Å²) >= 11 is 0. The minimum atomic E-state index is -0.570. The van der Waals surface area contributed by atoms with Crippen LogP contribution in [0.3, 0.4) is 0 Å². The van der Waals surface area contributed by atoms with Crippen molar-refractivity contribution in [2.45, 2.75) is 26.2 Å². The number of benzene rings is 3. The van der Waals surface area contributed by atoms with Gasteiger partial charge in [-0.2, -0.15) is 0 Å². The molecule has 0 spiro atoms. The second-order valence-electron chi connectivity index (χ2n) is 14.3. The molecule has 5 N–H and O–H groups in total. The topological polar surface area (TPSA) is 288 Å². The number of carbonyl (C=O) groups excluding carboxylic acids is 1. The molecule has 3 aromatic carbocycles. The Labute approximate surface area is 502 Å². The second kappa shape index (κ2) is 47.4. The van der Waals surface area contributed by atoms with E-state index in [1.807, 2.05) is 0 Å². The number of carbonyl (C=O) groups is 1. The average molecular weight is 1080 g/mol. The van der Waals surface area contributed by atoms with E-state index in [0.717, 1.165) is 134 Å². The van der Waals surface area contributed by atoms with Gasteiger partial charge in [0.2, 0.25) is 0 Å². The molecule has 3 fully saturated rings. The fourth-order valence-electron chi connectivity index (χ4n) is 6.59. The number of hydrogen-bond acceptors (Lipinski definition) is 19. The summed E-state index contributed by atoms with van der Waals surface area (Å²) in [6.45, 7) is 16.6. The zero-order valence-corrected chi connectivity index (χ0v) is 47.7. The summed E-state index contributed by atoms with van der Waals surface area (Å²) in [5.41, 5.74) is 2.20. The molecule has 0 aromatic heterocycles. The zero-order valence-electron chi connectivity index (χ0n) is 40.8. The van der Waals surface area contributed by atoms with Crippen LogP contribution in [0.4, 0.5) is 32.8 Å². The normalized spacial score (nSPS) is 14.7.